The molecule has 4 aromatic rings. The van der Waals surface area contributed by atoms with Gasteiger partial charge in [0.2, 0.25) is 0 Å². The molecular formula is C18H12N2O3Se. The van der Waals surface area contributed by atoms with Crippen molar-refractivity contribution in [2.45, 2.75) is 6.92 Å². The molecule has 0 fully saturated rings. The normalized spacial score (nSPS) is 10.9. The molecule has 5 nitrogen and oxygen atoms in total. The summed E-state index contributed by atoms with van der Waals surface area (Å²) in [5.41, 5.74) is 3.14. The molecule has 118 valence electrons. The van der Waals surface area contributed by atoms with Crippen LogP contribution in [0.2, 0.25) is 0 Å². The molecule has 0 unspecified atom stereocenters. The van der Waals surface area contributed by atoms with Gasteiger partial charge in [0.25, 0.3) is 0 Å². The molecule has 0 amide bonds. The molecule has 0 bridgehead atoms. The van der Waals surface area contributed by atoms with Gasteiger partial charge in [-0.3, -0.25) is 0 Å². The third kappa shape index (κ3) is 2.77. The molecule has 0 saturated carbocycles. The first kappa shape index (κ1) is 14.9. The number of furan rings is 1. The zero-order chi connectivity index (χ0) is 16.5. The summed E-state index contributed by atoms with van der Waals surface area (Å²) in [7, 11) is 0. The molecule has 0 N–H and O–H groups in total. The summed E-state index contributed by atoms with van der Waals surface area (Å²) in [6.07, 6.45) is 0. The van der Waals surface area contributed by atoms with Crippen LogP contribution < -0.4 is 4.74 Å². The van der Waals surface area contributed by atoms with Gasteiger partial charge in [-0.2, -0.15) is 0 Å². The van der Waals surface area contributed by atoms with Gasteiger partial charge in [0.15, 0.2) is 0 Å². The van der Waals surface area contributed by atoms with Crippen LogP contribution in [0.5, 0.6) is 5.75 Å². The maximum absolute atomic E-state index is 11.4. The van der Waals surface area contributed by atoms with Crippen molar-refractivity contribution >= 4 is 31.7 Å². The van der Waals surface area contributed by atoms with Crippen LogP contribution >= 0.6 is 0 Å². The van der Waals surface area contributed by atoms with E-state index in [2.05, 4.69) is 9.19 Å². The fourth-order valence-corrected chi connectivity index (χ4v) is 3.49. The van der Waals surface area contributed by atoms with Crippen LogP contribution in [-0.2, 0) is 4.79 Å². The first-order valence-corrected chi connectivity index (χ1v) is 9.05. The number of aromatic nitrogens is 2. The van der Waals surface area contributed by atoms with Gasteiger partial charge >= 0.3 is 144 Å². The van der Waals surface area contributed by atoms with Crippen molar-refractivity contribution in [3.05, 3.63) is 53.5 Å². The van der Waals surface area contributed by atoms with Crippen LogP contribution in [0.1, 0.15) is 6.92 Å². The van der Waals surface area contributed by atoms with Gasteiger partial charge in [-0.1, -0.05) is 0 Å². The number of nitrogens with zero attached hydrogens (tertiary/aromatic N) is 2. The number of hydrogen-bond acceptors (Lipinski definition) is 5. The van der Waals surface area contributed by atoms with Crippen LogP contribution in [0, 0.1) is 0 Å². The first-order chi connectivity index (χ1) is 11.7. The predicted octanol–water partition coefficient (Wildman–Crippen LogP) is 3.54. The number of esters is 1. The summed E-state index contributed by atoms with van der Waals surface area (Å²) >= 11 is 0.00335. The van der Waals surface area contributed by atoms with E-state index in [0.29, 0.717) is 11.3 Å². The minimum absolute atomic E-state index is 0.00335. The number of rotatable bonds is 3. The Labute approximate surface area is 143 Å². The molecule has 0 aliphatic carbocycles. The van der Waals surface area contributed by atoms with Crippen LogP contribution in [0.4, 0.5) is 0 Å². The third-order valence-corrected chi connectivity index (χ3v) is 4.63. The standard InChI is InChI=1S/C18H12N2O3Se/c1-11(21)22-18-9-17-13(7-14(18)15-10-24-20-19-15)8-16(23-17)12-5-3-2-4-6-12/h2-10H,1H3. The van der Waals surface area contributed by atoms with E-state index in [1.54, 1.807) is 6.07 Å². The Bertz CT molecular complexity index is 1010. The molecule has 0 spiro atoms. The fraction of sp³-hybridized carbons (Fsp3) is 0.0556. The average Bonchev–Trinajstić information content (AvgIpc) is 3.23. The molecule has 0 aliphatic rings. The summed E-state index contributed by atoms with van der Waals surface area (Å²) in [4.78, 5) is 13.4. The molecule has 0 saturated heterocycles. The van der Waals surface area contributed by atoms with Crippen molar-refractivity contribution < 1.29 is 13.9 Å². The van der Waals surface area contributed by atoms with Crippen LogP contribution in [0.25, 0.3) is 33.6 Å². The van der Waals surface area contributed by atoms with E-state index >= 15 is 0 Å². The van der Waals surface area contributed by atoms with Crippen LogP contribution in [0.3, 0.4) is 0 Å². The monoisotopic (exact) mass is 384 g/mol. The van der Waals surface area contributed by atoms with Crippen molar-refractivity contribution in [2.24, 2.45) is 0 Å². The number of fused-ring (bicyclic) bond motifs is 1. The molecule has 0 aliphatic heterocycles. The summed E-state index contributed by atoms with van der Waals surface area (Å²) in [5, 5.41) is 5.06. The van der Waals surface area contributed by atoms with Gasteiger partial charge in [0.1, 0.15) is 0 Å². The van der Waals surface area contributed by atoms with Crippen molar-refractivity contribution in [3.63, 3.8) is 0 Å². The predicted molar refractivity (Wildman–Crippen MR) is 90.9 cm³/mol. The third-order valence-electron chi connectivity index (χ3n) is 3.57. The fourth-order valence-electron chi connectivity index (χ4n) is 2.53. The quantitative estimate of drug-likeness (QED) is 0.308. The average molecular weight is 383 g/mol. The van der Waals surface area contributed by atoms with E-state index in [1.165, 1.54) is 6.92 Å². The summed E-state index contributed by atoms with van der Waals surface area (Å²) < 4.78 is 15.3. The number of benzene rings is 2. The summed E-state index contributed by atoms with van der Waals surface area (Å²) in [6, 6.07) is 15.5. The second-order valence-corrected chi connectivity index (χ2v) is 6.53. The van der Waals surface area contributed by atoms with Gasteiger partial charge in [0, 0.05) is 0 Å². The molecule has 24 heavy (non-hydrogen) atoms. The van der Waals surface area contributed by atoms with Crippen LogP contribution in [0.15, 0.2) is 57.9 Å². The Morgan fingerprint density at radius 2 is 2.00 bits per heavy atom. The molecule has 6 heteroatoms. The van der Waals surface area contributed by atoms with E-state index in [0.717, 1.165) is 28.0 Å². The Balaban J connectivity index is 1.89. The molecule has 2 aromatic heterocycles. The summed E-state index contributed by atoms with van der Waals surface area (Å²) in [5.74, 6) is 0.820. The van der Waals surface area contributed by atoms with E-state index in [1.807, 2.05) is 47.4 Å². The van der Waals surface area contributed by atoms with E-state index in [4.69, 9.17) is 9.15 Å². The Morgan fingerprint density at radius 3 is 2.71 bits per heavy atom. The van der Waals surface area contributed by atoms with E-state index < -0.39 is 0 Å². The van der Waals surface area contributed by atoms with Crippen molar-refractivity contribution in [3.8, 4) is 28.3 Å². The number of carbonyl (C=O) groups excluding carboxylic acids is 1. The zero-order valence-corrected chi connectivity index (χ0v) is 14.4. The van der Waals surface area contributed by atoms with E-state index in [-0.39, 0.29) is 20.7 Å². The van der Waals surface area contributed by atoms with Gasteiger partial charge in [-0.05, 0) is 0 Å². The molecular weight excluding hydrogens is 371 g/mol. The van der Waals surface area contributed by atoms with Gasteiger partial charge in [-0.25, -0.2) is 0 Å². The SMILES string of the molecule is CC(=O)Oc1cc2oc(-c3ccccc3)cc2cc1-c1c[se]nn1. The first-order valence-electron chi connectivity index (χ1n) is 7.29. The topological polar surface area (TPSA) is 65.2 Å². The van der Waals surface area contributed by atoms with Gasteiger partial charge in [0.05, 0.1) is 0 Å². The molecule has 0 radical (unpaired) electrons. The molecule has 0 atom stereocenters. The van der Waals surface area contributed by atoms with Gasteiger partial charge in [-0.15, -0.1) is 0 Å². The molecule has 2 aromatic carbocycles. The molecule has 2 heterocycles. The Kier molecular flexibility index (Phi) is 3.76. The van der Waals surface area contributed by atoms with Crippen molar-refractivity contribution in [1.29, 1.82) is 0 Å². The van der Waals surface area contributed by atoms with Crippen LogP contribution in [-0.4, -0.2) is 29.9 Å². The summed E-state index contributed by atoms with van der Waals surface area (Å²) in [6.45, 7) is 1.37. The minimum atomic E-state index is -0.383. The number of carbonyl (C=O) groups is 1. The Hall–Kier alpha value is -2.69. The maximum atomic E-state index is 11.4. The Morgan fingerprint density at radius 1 is 1.17 bits per heavy atom. The molecule has 4 rings (SSSR count). The number of ether oxygens (including phenoxy) is 1. The van der Waals surface area contributed by atoms with Crippen molar-refractivity contribution in [2.75, 3.05) is 0 Å². The second-order valence-electron chi connectivity index (χ2n) is 5.25. The zero-order valence-electron chi connectivity index (χ0n) is 12.7. The van der Waals surface area contributed by atoms with Crippen molar-refractivity contribution in [1.82, 2.24) is 9.19 Å². The number of hydrogen-bond donors (Lipinski definition) is 0. The van der Waals surface area contributed by atoms with Gasteiger partial charge < -0.3 is 0 Å². The second kappa shape index (κ2) is 6.07. The van der Waals surface area contributed by atoms with E-state index in [9.17, 15) is 4.79 Å².